The number of anilines is 3. The zero-order valence-electron chi connectivity index (χ0n) is 38.3. The van der Waals surface area contributed by atoms with E-state index >= 15 is 0 Å². The Bertz CT molecular complexity index is 3170. The molecule has 8 heterocycles. The minimum Gasteiger partial charge on any atom is -0.780 e. The molecule has 37 heteroatoms. The van der Waals surface area contributed by atoms with Gasteiger partial charge < -0.3 is 95.5 Å². The third kappa shape index (κ3) is 13.6. The van der Waals surface area contributed by atoms with Crippen LogP contribution in [0.2, 0.25) is 0 Å². The molecule has 0 bridgehead atoms. The topological polar surface area (TPSA) is 434 Å². The smallest absolute Gasteiger partial charge is 0.351 e. The van der Waals surface area contributed by atoms with Crippen molar-refractivity contribution in [3.8, 4) is 0 Å². The van der Waals surface area contributed by atoms with Crippen molar-refractivity contribution in [2.75, 3.05) is 43.6 Å². The summed E-state index contributed by atoms with van der Waals surface area (Å²) in [7, 11) is 0. The number of aromatic amines is 1. The van der Waals surface area contributed by atoms with Gasteiger partial charge in [0.25, 0.3) is 5.56 Å². The van der Waals surface area contributed by atoms with Crippen molar-refractivity contribution in [2.24, 2.45) is 0 Å². The third-order valence-electron chi connectivity index (χ3n) is 11.9. The van der Waals surface area contributed by atoms with Crippen molar-refractivity contribution in [2.45, 2.75) is 106 Å². The predicted octanol–water partition coefficient (Wildman–Crippen LogP) is -3.10. The number of nitrogens with zero attached hydrogens (tertiary/aromatic N) is 7. The highest BCUT2D eigenvalue weighted by atomic mass is 32.7. The van der Waals surface area contributed by atoms with Crippen LogP contribution < -0.4 is 55.3 Å². The second kappa shape index (κ2) is 22.9. The number of nitrogen functional groups attached to an aromatic ring is 3. The van der Waals surface area contributed by atoms with E-state index in [-0.39, 0.29) is 48.7 Å². The molecule has 4 aromatic rings. The SMILES string of the molecule is Cc1cn([C@H]2CC(OP([O-])(=S)OC[C@H]3O[C@@H](n4ccc(N)nc4=O)CC3O)[C@@H](COP(=O)([S-])OC3C[C@H](n4ccc(N)nc4=O)O[C@@H]3COP([O-])(=S)OC3C[C@H](n4ccc(N)nc4=O)O[C@@H]3CO)O2)c(=O)[nH]c1=O. The van der Waals surface area contributed by atoms with Gasteiger partial charge >= 0.3 is 22.8 Å². The molecule has 4 aliphatic heterocycles. The van der Waals surface area contributed by atoms with Crippen molar-refractivity contribution in [1.82, 2.24) is 38.2 Å². The van der Waals surface area contributed by atoms with E-state index in [0.717, 1.165) is 18.3 Å². The molecular formula is C37H47N11O20P3S3-3. The summed E-state index contributed by atoms with van der Waals surface area (Å²) >= 11 is 15.7. The summed E-state index contributed by atoms with van der Waals surface area (Å²) in [5.74, 6) is -0.189. The van der Waals surface area contributed by atoms with Crippen LogP contribution in [0.4, 0.5) is 17.5 Å². The lowest BCUT2D eigenvalue weighted by Gasteiger charge is -2.35. The highest BCUT2D eigenvalue weighted by molar-refractivity contribution is 8.32. The first-order chi connectivity index (χ1) is 34.9. The number of aryl methyl sites for hydroxylation is 1. The van der Waals surface area contributed by atoms with Crippen molar-refractivity contribution in [3.63, 3.8) is 0 Å². The van der Waals surface area contributed by atoms with Gasteiger partial charge in [-0.2, -0.15) is 15.0 Å². The van der Waals surface area contributed by atoms with Crippen LogP contribution >= 0.6 is 20.2 Å². The van der Waals surface area contributed by atoms with Crippen LogP contribution in [0.5, 0.6) is 0 Å². The molecule has 4 aromatic heterocycles. The molecule has 4 aliphatic rings. The summed E-state index contributed by atoms with van der Waals surface area (Å²) in [5.41, 5.74) is 13.0. The zero-order valence-corrected chi connectivity index (χ0v) is 43.4. The maximum absolute atomic E-state index is 14.1. The molecule has 0 aromatic carbocycles. The number of ether oxygens (including phenoxy) is 4. The molecule has 4 fully saturated rings. The van der Waals surface area contributed by atoms with Crippen LogP contribution in [0, 0.1) is 6.92 Å². The number of aliphatic hydroxyl groups excluding tert-OH is 2. The Labute approximate surface area is 431 Å². The highest BCUT2D eigenvalue weighted by Gasteiger charge is 2.44. The van der Waals surface area contributed by atoms with Crippen LogP contribution in [0.1, 0.15) is 56.2 Å². The predicted molar refractivity (Wildman–Crippen MR) is 258 cm³/mol. The molecule has 74 heavy (non-hydrogen) atoms. The van der Waals surface area contributed by atoms with Gasteiger partial charge in [0.15, 0.2) is 6.80 Å². The molecule has 0 radical (unpaired) electrons. The van der Waals surface area contributed by atoms with E-state index in [9.17, 15) is 48.5 Å². The molecule has 0 amide bonds. The summed E-state index contributed by atoms with van der Waals surface area (Å²) in [6.45, 7) is -15.1. The first-order valence-corrected chi connectivity index (χ1v) is 29.7. The van der Waals surface area contributed by atoms with E-state index in [1.54, 1.807) is 0 Å². The number of H-pyrrole nitrogens is 1. The molecule has 0 aliphatic carbocycles. The zero-order chi connectivity index (χ0) is 53.4. The summed E-state index contributed by atoms with van der Waals surface area (Å²) in [5, 5.41) is 20.7. The van der Waals surface area contributed by atoms with Crippen LogP contribution in [0.15, 0.2) is 67.0 Å². The number of rotatable bonds is 20. The van der Waals surface area contributed by atoms with Gasteiger partial charge in [-0.05, 0) is 25.1 Å². The van der Waals surface area contributed by atoms with E-state index in [0.29, 0.717) is 0 Å². The van der Waals surface area contributed by atoms with Gasteiger partial charge in [0, 0.05) is 56.0 Å². The van der Waals surface area contributed by atoms with Gasteiger partial charge in [0.2, 0.25) is 0 Å². The second-order valence-corrected chi connectivity index (χ2v) is 25.1. The lowest BCUT2D eigenvalue weighted by Crippen LogP contribution is -2.33. The number of nitrogens with two attached hydrogens (primary N) is 3. The Kier molecular flexibility index (Phi) is 17.4. The molecule has 4 saturated heterocycles. The van der Waals surface area contributed by atoms with Gasteiger partial charge in [-0.15, -0.1) is 0 Å². The quantitative estimate of drug-likeness (QED) is 0.0377. The van der Waals surface area contributed by atoms with Gasteiger partial charge in [-0.1, -0.05) is 23.6 Å². The fourth-order valence-corrected chi connectivity index (χ4v) is 12.6. The standard InChI is InChI=1S/C37H50N11O20P3S3/c1-17-12-48(37(55)44-33(17)51)32-11-21(68-69(56,72)59-14-23-18(50)8-29(63-23)45-5-2-26(38)41-34(45)52)25(65-32)16-61-71(58,74)67-20-10-31(47-7-4-28(40)43-36(47)54)64-24(20)15-60-70(57,73)66-19-9-30(62-22(19)13-49)46-6-3-27(39)42-35(46)53/h2-7,12,18-25,29-32,49-50H,8-11,13-16H2,1H3,(H,56,72)(H,57,73)(H,58,74)(H2,38,41,52)(H2,39,42,53)(H2,40,43,54)(H,44,51,55)/p-3/t18?,19?,20?,21?,22-,23-,24-,25-,29-,30-,31-,32-,69?,70?,71?/m1/s1. The maximum Gasteiger partial charge on any atom is 0.351 e. The summed E-state index contributed by atoms with van der Waals surface area (Å²) < 4.78 is 75.7. The Morgan fingerprint density at radius 1 is 0.676 bits per heavy atom. The molecule has 0 spiro atoms. The lowest BCUT2D eigenvalue weighted by atomic mass is 10.2. The Morgan fingerprint density at radius 2 is 1.07 bits per heavy atom. The van der Waals surface area contributed by atoms with Crippen molar-refractivity contribution < 1.29 is 70.7 Å². The average Bonchev–Trinajstić information content (AvgIpc) is 4.10. The van der Waals surface area contributed by atoms with Crippen molar-refractivity contribution in [1.29, 1.82) is 0 Å². The monoisotopic (exact) mass is 1150 g/mol. The van der Waals surface area contributed by atoms with E-state index in [1.165, 1.54) is 49.9 Å². The van der Waals surface area contributed by atoms with E-state index < -0.39 is 149 Å². The van der Waals surface area contributed by atoms with Crippen molar-refractivity contribution >= 4 is 73.6 Å². The normalized spacial score (nSPS) is 30.5. The van der Waals surface area contributed by atoms with E-state index in [2.05, 4.69) is 19.9 Å². The largest absolute Gasteiger partial charge is 0.780 e. The van der Waals surface area contributed by atoms with Crippen LogP contribution in [0.3, 0.4) is 0 Å². The molecule has 7 unspecified atom stereocenters. The third-order valence-corrected chi connectivity index (χ3v) is 16.6. The molecule has 9 N–H and O–H groups in total. The lowest BCUT2D eigenvalue weighted by molar-refractivity contribution is -0.216. The number of aromatic nitrogens is 8. The number of aliphatic hydroxyl groups is 2. The highest BCUT2D eigenvalue weighted by Crippen LogP contribution is 2.53. The van der Waals surface area contributed by atoms with Crippen LogP contribution in [0.25, 0.3) is 0 Å². The fourth-order valence-electron chi connectivity index (χ4n) is 8.26. The van der Waals surface area contributed by atoms with E-state index in [4.69, 9.17) is 99.2 Å². The minimum absolute atomic E-state index is 0.0339. The van der Waals surface area contributed by atoms with Gasteiger partial charge in [-0.3, -0.25) is 32.6 Å². The van der Waals surface area contributed by atoms with Gasteiger partial charge in [0.1, 0.15) is 80.2 Å². The summed E-state index contributed by atoms with van der Waals surface area (Å²) in [6.07, 6.45) is -10.4. The Morgan fingerprint density at radius 3 is 1.54 bits per heavy atom. The summed E-state index contributed by atoms with van der Waals surface area (Å²) in [6, 6.07) is 4.00. The Balaban J connectivity index is 0.949. The fraction of sp³-hybridized carbons (Fsp3) is 0.568. The van der Waals surface area contributed by atoms with Crippen molar-refractivity contribution in [3.05, 3.63) is 101 Å². The molecule has 406 valence electrons. The first-order valence-electron chi connectivity index (χ1n) is 22.0. The van der Waals surface area contributed by atoms with Crippen LogP contribution in [-0.4, -0.2) is 124 Å². The minimum atomic E-state index is -4.72. The molecule has 31 nitrogen and oxygen atoms in total. The number of nitrogens with one attached hydrogen (secondary N) is 1. The number of hydrogen-bond acceptors (Lipinski definition) is 29. The average molecular weight is 1150 g/mol. The second-order valence-electron chi connectivity index (χ2n) is 17.0. The first kappa shape index (κ1) is 56.2. The van der Waals surface area contributed by atoms with E-state index in [1.807, 2.05) is 0 Å². The molecular weight excluding hydrogens is 1110 g/mol. The summed E-state index contributed by atoms with van der Waals surface area (Å²) in [4.78, 5) is 103. The Hall–Kier alpha value is -3.96. The molecule has 8 rings (SSSR count). The van der Waals surface area contributed by atoms with Crippen LogP contribution in [-0.2, 0) is 86.5 Å². The van der Waals surface area contributed by atoms with Gasteiger partial charge in [0.05, 0.1) is 50.8 Å². The van der Waals surface area contributed by atoms with Gasteiger partial charge in [-0.25, -0.2) is 19.2 Å². The molecule has 15 atom stereocenters. The molecule has 0 saturated carbocycles. The maximum atomic E-state index is 14.1. The number of hydrogen-bond donors (Lipinski definition) is 6.